The summed E-state index contributed by atoms with van der Waals surface area (Å²) in [6.45, 7) is 1.12. The minimum atomic E-state index is -0.487. The van der Waals surface area contributed by atoms with Crippen LogP contribution in [0.1, 0.15) is 28.8 Å². The highest BCUT2D eigenvalue weighted by Crippen LogP contribution is 2.33. The number of fused-ring (bicyclic) bond motifs is 3. The van der Waals surface area contributed by atoms with E-state index in [-0.39, 0.29) is 18.6 Å². The molecule has 2 N–H and O–H groups in total. The Hall–Kier alpha value is -3.07. The van der Waals surface area contributed by atoms with Crippen LogP contribution in [0.4, 0.5) is 10.1 Å². The highest BCUT2D eigenvalue weighted by atomic mass is 32.1. The molecule has 0 fully saturated rings. The summed E-state index contributed by atoms with van der Waals surface area (Å²) in [6.07, 6.45) is 5.38. The van der Waals surface area contributed by atoms with Gasteiger partial charge < -0.3 is 10.6 Å². The molecule has 9 heteroatoms. The molecule has 7 nitrogen and oxygen atoms in total. The van der Waals surface area contributed by atoms with Gasteiger partial charge in [-0.3, -0.25) is 19.0 Å². The molecular formula is C21H21FN4O3S. The fourth-order valence-electron chi connectivity index (χ4n) is 3.56. The number of hydrogen-bond acceptors (Lipinski definition) is 5. The molecule has 0 radical (unpaired) electrons. The summed E-state index contributed by atoms with van der Waals surface area (Å²) < 4.78 is 14.8. The number of benzene rings is 1. The van der Waals surface area contributed by atoms with Crippen molar-refractivity contribution >= 4 is 39.1 Å². The normalized spacial score (nSPS) is 13.1. The van der Waals surface area contributed by atoms with Gasteiger partial charge in [-0.15, -0.1) is 11.3 Å². The molecule has 3 aromatic rings. The van der Waals surface area contributed by atoms with E-state index < -0.39 is 17.6 Å². The molecule has 2 aromatic heterocycles. The van der Waals surface area contributed by atoms with Crippen LogP contribution in [0.25, 0.3) is 10.2 Å². The van der Waals surface area contributed by atoms with Crippen LogP contribution < -0.4 is 16.2 Å². The fourth-order valence-corrected chi connectivity index (χ4v) is 4.78. The Kier molecular flexibility index (Phi) is 5.63. The van der Waals surface area contributed by atoms with Gasteiger partial charge >= 0.3 is 0 Å². The summed E-state index contributed by atoms with van der Waals surface area (Å²) in [5, 5.41) is 5.62. The highest BCUT2D eigenvalue weighted by molar-refractivity contribution is 7.18. The maximum Gasteiger partial charge on any atom is 0.262 e. The summed E-state index contributed by atoms with van der Waals surface area (Å²) in [4.78, 5) is 43.4. The molecule has 0 spiro atoms. The number of amides is 2. The van der Waals surface area contributed by atoms with Crippen molar-refractivity contribution in [3.8, 4) is 0 Å². The van der Waals surface area contributed by atoms with Crippen molar-refractivity contribution in [3.05, 3.63) is 56.7 Å². The molecule has 30 heavy (non-hydrogen) atoms. The molecule has 2 amide bonds. The first kappa shape index (κ1) is 20.2. The van der Waals surface area contributed by atoms with E-state index in [1.54, 1.807) is 30.4 Å². The largest absolute Gasteiger partial charge is 0.345 e. The van der Waals surface area contributed by atoms with Crippen molar-refractivity contribution < 1.29 is 14.0 Å². The monoisotopic (exact) mass is 428 g/mol. The number of rotatable bonds is 5. The summed E-state index contributed by atoms with van der Waals surface area (Å²) in [6, 6.07) is 4.36. The van der Waals surface area contributed by atoms with Crippen molar-refractivity contribution in [3.63, 3.8) is 0 Å². The van der Waals surface area contributed by atoms with Crippen LogP contribution >= 0.6 is 11.3 Å². The van der Waals surface area contributed by atoms with E-state index in [2.05, 4.69) is 15.6 Å². The van der Waals surface area contributed by atoms with Crippen molar-refractivity contribution in [1.29, 1.82) is 0 Å². The zero-order chi connectivity index (χ0) is 21.3. The average molecular weight is 428 g/mol. The number of thiophene rings is 1. The minimum absolute atomic E-state index is 0.223. The van der Waals surface area contributed by atoms with Gasteiger partial charge in [-0.25, -0.2) is 9.37 Å². The molecule has 156 valence electrons. The quantitative estimate of drug-likeness (QED) is 0.653. The number of hydrogen-bond donors (Lipinski definition) is 2. The van der Waals surface area contributed by atoms with Crippen LogP contribution in [-0.4, -0.2) is 27.9 Å². The van der Waals surface area contributed by atoms with Crippen molar-refractivity contribution in [2.45, 2.75) is 39.2 Å². The molecule has 1 aliphatic rings. The zero-order valence-corrected chi connectivity index (χ0v) is 17.3. The van der Waals surface area contributed by atoms with Gasteiger partial charge in [0.25, 0.3) is 5.56 Å². The predicted molar refractivity (Wildman–Crippen MR) is 113 cm³/mol. The Bertz CT molecular complexity index is 1200. The Morgan fingerprint density at radius 1 is 1.23 bits per heavy atom. The highest BCUT2D eigenvalue weighted by Gasteiger charge is 2.20. The third kappa shape index (κ3) is 4.11. The van der Waals surface area contributed by atoms with Gasteiger partial charge in [0.15, 0.2) is 0 Å². The molecule has 0 aliphatic heterocycles. The number of aromatic nitrogens is 2. The van der Waals surface area contributed by atoms with Crippen LogP contribution in [0.2, 0.25) is 0 Å². The van der Waals surface area contributed by atoms with Crippen LogP contribution in [0, 0.1) is 12.7 Å². The lowest BCUT2D eigenvalue weighted by Gasteiger charge is -2.11. The average Bonchev–Trinajstić information content (AvgIpc) is 3.11. The lowest BCUT2D eigenvalue weighted by Crippen LogP contribution is -2.37. The van der Waals surface area contributed by atoms with Crippen LogP contribution in [0.5, 0.6) is 0 Å². The number of halogens is 1. The maximum atomic E-state index is 13.6. The molecule has 0 saturated carbocycles. The SMILES string of the molecule is Cc1ccc(NC(=O)CNC(=O)Cn2cnc3sc4c(c3c2=O)CCCC4)cc1F. The van der Waals surface area contributed by atoms with Crippen molar-refractivity contribution in [2.75, 3.05) is 11.9 Å². The molecule has 0 bridgehead atoms. The second-order valence-corrected chi connectivity index (χ2v) is 8.44. The van der Waals surface area contributed by atoms with E-state index in [0.29, 0.717) is 21.5 Å². The van der Waals surface area contributed by atoms with Crippen LogP contribution in [-0.2, 0) is 29.0 Å². The Labute approximate surface area is 175 Å². The fraction of sp³-hybridized carbons (Fsp3) is 0.333. The van der Waals surface area contributed by atoms with E-state index in [9.17, 15) is 18.8 Å². The standard InChI is InChI=1S/C21H21FN4O3S/c1-12-6-7-13(8-15(12)22)25-17(27)9-23-18(28)10-26-11-24-20-19(21(26)29)14-4-2-3-5-16(14)30-20/h6-8,11H,2-5,9-10H2,1H3,(H,23,28)(H,25,27). The summed E-state index contributed by atoms with van der Waals surface area (Å²) in [5.74, 6) is -1.39. The lowest BCUT2D eigenvalue weighted by atomic mass is 9.97. The van der Waals surface area contributed by atoms with Gasteiger partial charge in [-0.1, -0.05) is 6.07 Å². The Morgan fingerprint density at radius 2 is 2.03 bits per heavy atom. The Morgan fingerprint density at radius 3 is 2.83 bits per heavy atom. The minimum Gasteiger partial charge on any atom is -0.345 e. The van der Waals surface area contributed by atoms with Gasteiger partial charge in [-0.05, 0) is 55.9 Å². The summed E-state index contributed by atoms with van der Waals surface area (Å²) in [5.41, 5.74) is 1.63. The molecule has 4 rings (SSSR count). The second-order valence-electron chi connectivity index (χ2n) is 7.36. The van der Waals surface area contributed by atoms with E-state index in [1.807, 2.05) is 0 Å². The first-order valence-electron chi connectivity index (χ1n) is 9.75. The van der Waals surface area contributed by atoms with Gasteiger partial charge in [0, 0.05) is 10.6 Å². The Balaban J connectivity index is 1.39. The number of carbonyl (C=O) groups excluding carboxylic acids is 2. The molecule has 0 unspecified atom stereocenters. The smallest absolute Gasteiger partial charge is 0.262 e. The number of aryl methyl sites for hydroxylation is 3. The lowest BCUT2D eigenvalue weighted by molar-refractivity contribution is -0.124. The number of carbonyl (C=O) groups is 2. The molecule has 2 heterocycles. The molecular weight excluding hydrogens is 407 g/mol. The van der Waals surface area contributed by atoms with Gasteiger partial charge in [0.1, 0.15) is 17.2 Å². The number of anilines is 1. The third-order valence-corrected chi connectivity index (χ3v) is 6.36. The van der Waals surface area contributed by atoms with Crippen molar-refractivity contribution in [2.24, 2.45) is 0 Å². The predicted octanol–water partition coefficient (Wildman–Crippen LogP) is 2.54. The molecule has 0 atom stereocenters. The van der Waals surface area contributed by atoms with E-state index >= 15 is 0 Å². The first-order chi connectivity index (χ1) is 14.4. The van der Waals surface area contributed by atoms with Gasteiger partial charge in [-0.2, -0.15) is 0 Å². The van der Waals surface area contributed by atoms with E-state index in [4.69, 9.17) is 0 Å². The first-order valence-corrected chi connectivity index (χ1v) is 10.6. The second kappa shape index (κ2) is 8.35. The maximum absolute atomic E-state index is 13.6. The van der Waals surface area contributed by atoms with Gasteiger partial charge in [0.2, 0.25) is 11.8 Å². The van der Waals surface area contributed by atoms with Crippen LogP contribution in [0.3, 0.4) is 0 Å². The van der Waals surface area contributed by atoms with E-state index in [1.165, 1.54) is 21.8 Å². The summed E-state index contributed by atoms with van der Waals surface area (Å²) in [7, 11) is 0. The van der Waals surface area contributed by atoms with Crippen LogP contribution in [0.15, 0.2) is 29.3 Å². The van der Waals surface area contributed by atoms with Crippen molar-refractivity contribution in [1.82, 2.24) is 14.9 Å². The number of nitrogens with one attached hydrogen (secondary N) is 2. The third-order valence-electron chi connectivity index (χ3n) is 5.16. The zero-order valence-electron chi connectivity index (χ0n) is 16.5. The molecule has 1 aliphatic carbocycles. The van der Waals surface area contributed by atoms with E-state index in [0.717, 1.165) is 31.2 Å². The topological polar surface area (TPSA) is 93.1 Å². The summed E-state index contributed by atoms with van der Waals surface area (Å²) >= 11 is 1.55. The number of nitrogens with zero attached hydrogens (tertiary/aromatic N) is 2. The van der Waals surface area contributed by atoms with Gasteiger partial charge in [0.05, 0.1) is 18.3 Å². The molecule has 1 aromatic carbocycles. The molecule has 0 saturated heterocycles.